The predicted octanol–water partition coefficient (Wildman–Crippen LogP) is 1.62. The average molecular weight is 229 g/mol. The van der Waals surface area contributed by atoms with Crippen LogP contribution in [-0.4, -0.2) is 29.2 Å². The Kier molecular flexibility index (Phi) is 3.35. The molecule has 1 aromatic heterocycles. The average Bonchev–Trinajstić information content (AvgIpc) is 2.39. The van der Waals surface area contributed by atoms with Crippen LogP contribution >= 0.6 is 0 Å². The van der Waals surface area contributed by atoms with E-state index in [1.165, 1.54) is 6.33 Å². The number of hydrogen-bond acceptors (Lipinski definition) is 4. The summed E-state index contributed by atoms with van der Waals surface area (Å²) in [6, 6.07) is 7.77. The van der Waals surface area contributed by atoms with Crippen molar-refractivity contribution in [1.29, 1.82) is 0 Å². The molecule has 0 aliphatic heterocycles. The van der Waals surface area contributed by atoms with Gasteiger partial charge in [0.05, 0.1) is 0 Å². The maximum atomic E-state index is 10.1. The molecule has 0 spiro atoms. The van der Waals surface area contributed by atoms with Crippen molar-refractivity contribution >= 4 is 5.69 Å². The van der Waals surface area contributed by atoms with E-state index in [4.69, 9.17) is 0 Å². The van der Waals surface area contributed by atoms with Crippen LogP contribution in [0, 0.1) is 0 Å². The zero-order chi connectivity index (χ0) is 12.3. The van der Waals surface area contributed by atoms with Crippen LogP contribution in [0.5, 0.6) is 0 Å². The van der Waals surface area contributed by atoms with Crippen LogP contribution in [-0.2, 0) is 0 Å². The number of aliphatic hydroxyl groups is 1. The van der Waals surface area contributed by atoms with Gasteiger partial charge in [-0.1, -0.05) is 12.1 Å². The summed E-state index contributed by atoms with van der Waals surface area (Å²) in [5.41, 5.74) is 2.64. The molecule has 0 bridgehead atoms. The molecule has 88 valence electrons. The fraction of sp³-hybridized carbons (Fsp3) is 0.231. The van der Waals surface area contributed by atoms with E-state index in [2.05, 4.69) is 9.97 Å². The Balaban J connectivity index is 2.23. The van der Waals surface area contributed by atoms with E-state index < -0.39 is 6.10 Å². The molecule has 4 heteroatoms. The predicted molar refractivity (Wildman–Crippen MR) is 66.9 cm³/mol. The van der Waals surface area contributed by atoms with E-state index in [0.29, 0.717) is 5.56 Å². The molecule has 0 saturated heterocycles. The lowest BCUT2D eigenvalue weighted by atomic mass is 10.0. The van der Waals surface area contributed by atoms with Crippen molar-refractivity contribution in [2.75, 3.05) is 19.0 Å². The molecule has 0 radical (unpaired) electrons. The highest BCUT2D eigenvalue weighted by Crippen LogP contribution is 2.22. The molecule has 4 nitrogen and oxygen atoms in total. The lowest BCUT2D eigenvalue weighted by Gasteiger charge is -2.15. The smallest absolute Gasteiger partial charge is 0.115 e. The minimum absolute atomic E-state index is 0.674. The maximum absolute atomic E-state index is 10.1. The van der Waals surface area contributed by atoms with Crippen LogP contribution in [0.1, 0.15) is 17.2 Å². The molecule has 1 heterocycles. The number of benzene rings is 1. The van der Waals surface area contributed by atoms with Crippen molar-refractivity contribution in [3.8, 4) is 0 Å². The molecule has 1 atom stereocenters. The largest absolute Gasteiger partial charge is 0.384 e. The zero-order valence-corrected chi connectivity index (χ0v) is 9.91. The molecule has 2 aromatic rings. The highest BCUT2D eigenvalue weighted by atomic mass is 16.3. The van der Waals surface area contributed by atoms with Gasteiger partial charge in [-0.2, -0.15) is 0 Å². The third-order valence-electron chi connectivity index (χ3n) is 2.62. The van der Waals surface area contributed by atoms with E-state index in [-0.39, 0.29) is 0 Å². The molecule has 0 aliphatic rings. The normalized spacial score (nSPS) is 12.2. The highest BCUT2D eigenvalue weighted by molar-refractivity contribution is 5.47. The first-order valence-corrected chi connectivity index (χ1v) is 5.39. The quantitative estimate of drug-likeness (QED) is 0.869. The summed E-state index contributed by atoms with van der Waals surface area (Å²) in [5, 5.41) is 10.1. The van der Waals surface area contributed by atoms with Crippen molar-refractivity contribution in [3.05, 3.63) is 54.1 Å². The number of rotatable bonds is 3. The first-order chi connectivity index (χ1) is 8.18. The van der Waals surface area contributed by atoms with Gasteiger partial charge in [0.15, 0.2) is 0 Å². The Morgan fingerprint density at radius 1 is 1.00 bits per heavy atom. The molecular weight excluding hydrogens is 214 g/mol. The summed E-state index contributed by atoms with van der Waals surface area (Å²) in [5.74, 6) is 0. The molecule has 17 heavy (non-hydrogen) atoms. The Bertz CT molecular complexity index is 468. The van der Waals surface area contributed by atoms with Crippen molar-refractivity contribution in [2.24, 2.45) is 0 Å². The van der Waals surface area contributed by atoms with E-state index in [0.717, 1.165) is 11.3 Å². The molecule has 1 N–H and O–H groups in total. The van der Waals surface area contributed by atoms with Gasteiger partial charge in [0, 0.05) is 37.7 Å². The van der Waals surface area contributed by atoms with E-state index in [1.54, 1.807) is 12.4 Å². The minimum atomic E-state index is -0.674. The summed E-state index contributed by atoms with van der Waals surface area (Å²) in [4.78, 5) is 9.81. The van der Waals surface area contributed by atoms with Gasteiger partial charge in [-0.3, -0.25) is 0 Å². The number of aromatic nitrogens is 2. The third kappa shape index (κ3) is 2.60. The van der Waals surface area contributed by atoms with Crippen LogP contribution < -0.4 is 4.90 Å². The number of nitrogens with zero attached hydrogens (tertiary/aromatic N) is 3. The lowest BCUT2D eigenvalue weighted by Crippen LogP contribution is -2.08. The molecule has 0 aliphatic carbocycles. The van der Waals surface area contributed by atoms with Crippen molar-refractivity contribution in [1.82, 2.24) is 9.97 Å². The standard InChI is InChI=1S/C13H15N3O/c1-16(2)12-5-3-10(4-6-12)13(17)11-7-14-9-15-8-11/h3-9,13,17H,1-2H3. The van der Waals surface area contributed by atoms with Crippen LogP contribution in [0.3, 0.4) is 0 Å². The fourth-order valence-corrected chi connectivity index (χ4v) is 1.60. The van der Waals surface area contributed by atoms with Crippen LogP contribution in [0.2, 0.25) is 0 Å². The molecular formula is C13H15N3O. The first kappa shape index (κ1) is 11.5. The van der Waals surface area contributed by atoms with Gasteiger partial charge in [0.2, 0.25) is 0 Å². The second-order valence-corrected chi connectivity index (χ2v) is 4.06. The topological polar surface area (TPSA) is 49.2 Å². The van der Waals surface area contributed by atoms with Crippen molar-refractivity contribution in [2.45, 2.75) is 6.10 Å². The fourth-order valence-electron chi connectivity index (χ4n) is 1.60. The number of anilines is 1. The Morgan fingerprint density at radius 2 is 1.59 bits per heavy atom. The molecule has 0 saturated carbocycles. The van der Waals surface area contributed by atoms with Gasteiger partial charge in [0.1, 0.15) is 12.4 Å². The summed E-state index contributed by atoms with van der Waals surface area (Å²) >= 11 is 0. The van der Waals surface area contributed by atoms with Crippen molar-refractivity contribution < 1.29 is 5.11 Å². The molecule has 1 unspecified atom stereocenters. The monoisotopic (exact) mass is 229 g/mol. The number of hydrogen-bond donors (Lipinski definition) is 1. The van der Waals surface area contributed by atoms with Crippen LogP contribution in [0.15, 0.2) is 43.0 Å². The molecule has 0 amide bonds. The van der Waals surface area contributed by atoms with E-state index >= 15 is 0 Å². The summed E-state index contributed by atoms with van der Waals surface area (Å²) < 4.78 is 0. The van der Waals surface area contributed by atoms with Crippen LogP contribution in [0.4, 0.5) is 5.69 Å². The Morgan fingerprint density at radius 3 is 2.12 bits per heavy atom. The SMILES string of the molecule is CN(C)c1ccc(C(O)c2cncnc2)cc1. The second kappa shape index (κ2) is 4.93. The van der Waals surface area contributed by atoms with Gasteiger partial charge >= 0.3 is 0 Å². The Labute approximate surface area is 101 Å². The first-order valence-electron chi connectivity index (χ1n) is 5.39. The maximum Gasteiger partial charge on any atom is 0.115 e. The van der Waals surface area contributed by atoms with Gasteiger partial charge in [-0.15, -0.1) is 0 Å². The van der Waals surface area contributed by atoms with Crippen LogP contribution in [0.25, 0.3) is 0 Å². The lowest BCUT2D eigenvalue weighted by molar-refractivity contribution is 0.219. The second-order valence-electron chi connectivity index (χ2n) is 4.06. The van der Waals surface area contributed by atoms with Gasteiger partial charge in [0.25, 0.3) is 0 Å². The highest BCUT2D eigenvalue weighted by Gasteiger charge is 2.10. The zero-order valence-electron chi connectivity index (χ0n) is 9.91. The summed E-state index contributed by atoms with van der Waals surface area (Å²) in [6.07, 6.45) is 4.02. The Hall–Kier alpha value is -1.94. The summed E-state index contributed by atoms with van der Waals surface area (Å²) in [6.45, 7) is 0. The molecule has 0 fully saturated rings. The van der Waals surface area contributed by atoms with E-state index in [9.17, 15) is 5.11 Å². The molecule has 1 aromatic carbocycles. The molecule has 2 rings (SSSR count). The minimum Gasteiger partial charge on any atom is -0.384 e. The van der Waals surface area contributed by atoms with Gasteiger partial charge < -0.3 is 10.0 Å². The van der Waals surface area contributed by atoms with E-state index in [1.807, 2.05) is 43.3 Å². The number of aliphatic hydroxyl groups excluding tert-OH is 1. The van der Waals surface area contributed by atoms with Gasteiger partial charge in [-0.25, -0.2) is 9.97 Å². The van der Waals surface area contributed by atoms with Gasteiger partial charge in [-0.05, 0) is 17.7 Å². The van der Waals surface area contributed by atoms with Crippen molar-refractivity contribution in [3.63, 3.8) is 0 Å². The third-order valence-corrected chi connectivity index (χ3v) is 2.62. The summed E-state index contributed by atoms with van der Waals surface area (Å²) in [7, 11) is 3.97.